The Bertz CT molecular complexity index is 142. The van der Waals surface area contributed by atoms with Crippen LogP contribution in [0, 0.1) is 11.8 Å². The highest BCUT2D eigenvalue weighted by atomic mass is 16.3. The molecule has 1 nitrogen and oxygen atoms in total. The van der Waals surface area contributed by atoms with E-state index in [0.717, 1.165) is 6.42 Å². The van der Waals surface area contributed by atoms with Crippen molar-refractivity contribution in [2.45, 2.75) is 58.8 Å². The summed E-state index contributed by atoms with van der Waals surface area (Å²) in [6, 6.07) is 0. The summed E-state index contributed by atoms with van der Waals surface area (Å²) in [5.41, 5.74) is 0. The maximum absolute atomic E-state index is 9.22. The summed E-state index contributed by atoms with van der Waals surface area (Å²) in [5.74, 6) is 0.874. The second-order valence-electron chi connectivity index (χ2n) is 4.59. The van der Waals surface area contributed by atoms with Crippen LogP contribution in [0.15, 0.2) is 12.7 Å². The number of rotatable bonds is 10. The van der Waals surface area contributed by atoms with Gasteiger partial charge in [0.2, 0.25) is 0 Å². The van der Waals surface area contributed by atoms with E-state index in [1.54, 1.807) is 0 Å². The summed E-state index contributed by atoms with van der Waals surface area (Å²) >= 11 is 0. The molecule has 0 radical (unpaired) electrons. The number of allylic oxidation sites excluding steroid dienone is 1. The van der Waals surface area contributed by atoms with Gasteiger partial charge in [-0.1, -0.05) is 58.4 Å². The van der Waals surface area contributed by atoms with Crippen LogP contribution in [-0.4, -0.2) is 11.7 Å². The second kappa shape index (κ2) is 10.2. The molecule has 0 aliphatic carbocycles. The van der Waals surface area contributed by atoms with Gasteiger partial charge in [0.05, 0.1) is 0 Å². The Morgan fingerprint density at radius 2 is 1.73 bits per heavy atom. The van der Waals surface area contributed by atoms with Crippen molar-refractivity contribution in [1.82, 2.24) is 0 Å². The molecule has 0 fully saturated rings. The third kappa shape index (κ3) is 7.61. The summed E-state index contributed by atoms with van der Waals surface area (Å²) in [5, 5.41) is 9.22. The predicted octanol–water partition coefficient (Wildman–Crippen LogP) is 4.17. The maximum atomic E-state index is 9.22. The van der Waals surface area contributed by atoms with Crippen LogP contribution >= 0.6 is 0 Å². The van der Waals surface area contributed by atoms with Crippen molar-refractivity contribution in [3.05, 3.63) is 12.7 Å². The summed E-state index contributed by atoms with van der Waals surface area (Å²) < 4.78 is 0. The van der Waals surface area contributed by atoms with E-state index in [9.17, 15) is 5.11 Å². The number of unbranched alkanes of at least 4 members (excludes halogenated alkanes) is 5. The van der Waals surface area contributed by atoms with Crippen LogP contribution < -0.4 is 0 Å². The largest absolute Gasteiger partial charge is 0.396 e. The van der Waals surface area contributed by atoms with Crippen molar-refractivity contribution in [2.24, 2.45) is 11.8 Å². The molecular weight excluding hydrogens is 184 g/mol. The number of aliphatic hydroxyl groups is 1. The molecule has 2 atom stereocenters. The molecule has 0 saturated heterocycles. The van der Waals surface area contributed by atoms with Crippen LogP contribution in [0.5, 0.6) is 0 Å². The summed E-state index contributed by atoms with van der Waals surface area (Å²) in [4.78, 5) is 0. The molecule has 0 aromatic carbocycles. The van der Waals surface area contributed by atoms with E-state index in [4.69, 9.17) is 0 Å². The molecule has 0 saturated carbocycles. The Kier molecular flexibility index (Phi) is 10.0. The first-order valence-electron chi connectivity index (χ1n) is 6.49. The molecule has 0 aromatic heterocycles. The van der Waals surface area contributed by atoms with Gasteiger partial charge < -0.3 is 5.11 Å². The lowest BCUT2D eigenvalue weighted by Crippen LogP contribution is -2.13. The minimum Gasteiger partial charge on any atom is -0.396 e. The van der Waals surface area contributed by atoms with Crippen LogP contribution in [-0.2, 0) is 0 Å². The van der Waals surface area contributed by atoms with E-state index in [2.05, 4.69) is 20.4 Å². The standard InChI is InChI=1S/C14H28O/c1-4-6-7-8-9-10-11-14(12-15)13(3)5-2/h5,13-15H,2,4,6-12H2,1,3H3. The molecule has 15 heavy (non-hydrogen) atoms. The first-order valence-corrected chi connectivity index (χ1v) is 6.49. The highest BCUT2D eigenvalue weighted by Crippen LogP contribution is 2.19. The minimum absolute atomic E-state index is 0.308. The molecule has 0 aliphatic rings. The molecule has 0 aliphatic heterocycles. The van der Waals surface area contributed by atoms with E-state index in [-0.39, 0.29) is 0 Å². The lowest BCUT2D eigenvalue weighted by atomic mass is 9.89. The van der Waals surface area contributed by atoms with Gasteiger partial charge in [0, 0.05) is 6.61 Å². The average Bonchev–Trinajstić information content (AvgIpc) is 2.27. The molecule has 0 bridgehead atoms. The molecule has 0 rings (SSSR count). The van der Waals surface area contributed by atoms with Gasteiger partial charge in [0.15, 0.2) is 0 Å². The molecule has 0 heterocycles. The molecule has 0 aromatic rings. The Morgan fingerprint density at radius 3 is 2.27 bits per heavy atom. The summed E-state index contributed by atoms with van der Waals surface area (Å²) in [7, 11) is 0. The van der Waals surface area contributed by atoms with E-state index in [1.807, 2.05) is 6.08 Å². The molecule has 1 N–H and O–H groups in total. The van der Waals surface area contributed by atoms with Crippen LogP contribution in [0.4, 0.5) is 0 Å². The van der Waals surface area contributed by atoms with E-state index in [1.165, 1.54) is 38.5 Å². The van der Waals surface area contributed by atoms with Crippen LogP contribution in [0.2, 0.25) is 0 Å². The monoisotopic (exact) mass is 212 g/mol. The lowest BCUT2D eigenvalue weighted by Gasteiger charge is -2.18. The third-order valence-corrected chi connectivity index (χ3v) is 3.28. The van der Waals surface area contributed by atoms with Gasteiger partial charge in [-0.05, 0) is 18.3 Å². The molecule has 1 heteroatoms. The van der Waals surface area contributed by atoms with Crippen molar-refractivity contribution in [2.75, 3.05) is 6.61 Å². The van der Waals surface area contributed by atoms with Gasteiger partial charge in [-0.2, -0.15) is 0 Å². The van der Waals surface area contributed by atoms with Gasteiger partial charge >= 0.3 is 0 Å². The van der Waals surface area contributed by atoms with Gasteiger partial charge in [0.25, 0.3) is 0 Å². The SMILES string of the molecule is C=CC(C)C(CO)CCCCCCCC. The molecule has 90 valence electrons. The number of aliphatic hydroxyl groups excluding tert-OH is 1. The zero-order valence-electron chi connectivity index (χ0n) is 10.5. The highest BCUT2D eigenvalue weighted by molar-refractivity contribution is 4.80. The maximum Gasteiger partial charge on any atom is 0.0464 e. The fraction of sp³-hybridized carbons (Fsp3) is 0.857. The first kappa shape index (κ1) is 14.7. The van der Waals surface area contributed by atoms with Crippen LogP contribution in [0.3, 0.4) is 0 Å². The predicted molar refractivity (Wildman–Crippen MR) is 67.9 cm³/mol. The quantitative estimate of drug-likeness (QED) is 0.426. The topological polar surface area (TPSA) is 20.2 Å². The van der Waals surface area contributed by atoms with Crippen molar-refractivity contribution >= 4 is 0 Å². The van der Waals surface area contributed by atoms with Crippen LogP contribution in [0.25, 0.3) is 0 Å². The number of hydrogen-bond acceptors (Lipinski definition) is 1. The summed E-state index contributed by atoms with van der Waals surface area (Å²) in [6.07, 6.45) is 11.1. The lowest BCUT2D eigenvalue weighted by molar-refractivity contribution is 0.188. The average molecular weight is 212 g/mol. The second-order valence-corrected chi connectivity index (χ2v) is 4.59. The number of hydrogen-bond donors (Lipinski definition) is 1. The molecule has 0 spiro atoms. The van der Waals surface area contributed by atoms with Gasteiger partial charge in [-0.15, -0.1) is 6.58 Å². The Hall–Kier alpha value is -0.300. The van der Waals surface area contributed by atoms with Gasteiger partial charge in [-0.25, -0.2) is 0 Å². The van der Waals surface area contributed by atoms with Crippen molar-refractivity contribution in [1.29, 1.82) is 0 Å². The fourth-order valence-corrected chi connectivity index (χ4v) is 1.90. The normalized spacial score (nSPS) is 14.9. The third-order valence-electron chi connectivity index (χ3n) is 3.28. The zero-order chi connectivity index (χ0) is 11.5. The zero-order valence-corrected chi connectivity index (χ0v) is 10.5. The van der Waals surface area contributed by atoms with Crippen LogP contribution in [0.1, 0.15) is 58.8 Å². The van der Waals surface area contributed by atoms with E-state index < -0.39 is 0 Å². The Morgan fingerprint density at radius 1 is 1.13 bits per heavy atom. The fourth-order valence-electron chi connectivity index (χ4n) is 1.90. The van der Waals surface area contributed by atoms with Gasteiger partial charge in [-0.3, -0.25) is 0 Å². The minimum atomic E-state index is 0.308. The van der Waals surface area contributed by atoms with Crippen molar-refractivity contribution < 1.29 is 5.11 Å². The first-order chi connectivity index (χ1) is 7.26. The Balaban J connectivity index is 3.42. The van der Waals surface area contributed by atoms with Crippen molar-refractivity contribution in [3.63, 3.8) is 0 Å². The van der Waals surface area contributed by atoms with E-state index >= 15 is 0 Å². The van der Waals surface area contributed by atoms with Gasteiger partial charge in [0.1, 0.15) is 0 Å². The Labute approximate surface area is 95.6 Å². The smallest absolute Gasteiger partial charge is 0.0464 e. The van der Waals surface area contributed by atoms with Crippen molar-refractivity contribution in [3.8, 4) is 0 Å². The highest BCUT2D eigenvalue weighted by Gasteiger charge is 2.12. The molecule has 2 unspecified atom stereocenters. The summed E-state index contributed by atoms with van der Waals surface area (Å²) in [6.45, 7) is 8.48. The van der Waals surface area contributed by atoms with E-state index in [0.29, 0.717) is 18.4 Å². The molecule has 0 amide bonds. The molecular formula is C14H28O.